The second-order valence-electron chi connectivity index (χ2n) is 7.03. The first-order valence-electron chi connectivity index (χ1n) is 9.71. The van der Waals surface area contributed by atoms with Crippen LogP contribution < -0.4 is 15.6 Å². The summed E-state index contributed by atoms with van der Waals surface area (Å²) in [6, 6.07) is 15.0. The summed E-state index contributed by atoms with van der Waals surface area (Å²) in [5.41, 5.74) is 7.90. The van der Waals surface area contributed by atoms with Crippen molar-refractivity contribution < 1.29 is 18.7 Å². The number of hydrogen-bond acceptors (Lipinski definition) is 4. The molecule has 1 heterocycles. The van der Waals surface area contributed by atoms with Gasteiger partial charge in [0.05, 0.1) is 5.69 Å². The molecule has 8 heteroatoms. The highest BCUT2D eigenvalue weighted by molar-refractivity contribution is 5.95. The third-order valence-electron chi connectivity index (χ3n) is 4.94. The smallest absolute Gasteiger partial charge is 0.290 e. The van der Waals surface area contributed by atoms with Gasteiger partial charge in [0.1, 0.15) is 11.6 Å². The lowest BCUT2D eigenvalue weighted by Crippen LogP contribution is -2.47. The first kappa shape index (κ1) is 19.6. The number of carbonyl (C=O) groups excluding carboxylic acids is 2. The lowest BCUT2D eigenvalue weighted by molar-refractivity contribution is -0.128. The molecule has 0 aliphatic heterocycles. The Balaban J connectivity index is 1.42. The van der Waals surface area contributed by atoms with E-state index in [2.05, 4.69) is 16.0 Å². The van der Waals surface area contributed by atoms with Gasteiger partial charge >= 0.3 is 0 Å². The van der Waals surface area contributed by atoms with Crippen molar-refractivity contribution in [3.63, 3.8) is 0 Å². The van der Waals surface area contributed by atoms with Crippen molar-refractivity contribution >= 4 is 11.8 Å². The van der Waals surface area contributed by atoms with E-state index < -0.39 is 23.7 Å². The van der Waals surface area contributed by atoms with Gasteiger partial charge in [-0.25, -0.2) is 9.07 Å². The van der Waals surface area contributed by atoms with Crippen molar-refractivity contribution in [2.75, 3.05) is 0 Å². The van der Waals surface area contributed by atoms with Gasteiger partial charge in [0, 0.05) is 11.3 Å². The van der Waals surface area contributed by atoms with Crippen molar-refractivity contribution in [2.24, 2.45) is 0 Å². The van der Waals surface area contributed by atoms with E-state index >= 15 is 0 Å². The van der Waals surface area contributed by atoms with Gasteiger partial charge in [0.2, 0.25) is 0 Å². The number of ether oxygens (including phenoxy) is 1. The van der Waals surface area contributed by atoms with Gasteiger partial charge in [0.25, 0.3) is 11.8 Å². The summed E-state index contributed by atoms with van der Waals surface area (Å²) < 4.78 is 20.2. The van der Waals surface area contributed by atoms with Crippen LogP contribution in [-0.2, 0) is 17.6 Å². The number of amides is 2. The Bertz CT molecular complexity index is 1060. The van der Waals surface area contributed by atoms with Crippen LogP contribution in [0.2, 0.25) is 0 Å². The number of benzene rings is 2. The van der Waals surface area contributed by atoms with Crippen molar-refractivity contribution in [3.8, 4) is 11.4 Å². The van der Waals surface area contributed by atoms with Gasteiger partial charge in [-0.2, -0.15) is 5.10 Å². The zero-order valence-electron chi connectivity index (χ0n) is 16.4. The van der Waals surface area contributed by atoms with Crippen LogP contribution in [0.25, 0.3) is 5.69 Å². The zero-order valence-corrected chi connectivity index (χ0v) is 16.4. The summed E-state index contributed by atoms with van der Waals surface area (Å²) in [4.78, 5) is 24.9. The third-order valence-corrected chi connectivity index (χ3v) is 4.94. The molecule has 1 atom stereocenters. The Labute approximate surface area is 172 Å². The maximum Gasteiger partial charge on any atom is 0.290 e. The number of para-hydroxylation sites is 1. The van der Waals surface area contributed by atoms with Gasteiger partial charge in [-0.05, 0) is 62.6 Å². The second kappa shape index (κ2) is 8.36. The molecule has 2 N–H and O–H groups in total. The number of nitrogens with zero attached hydrogens (tertiary/aromatic N) is 2. The van der Waals surface area contributed by atoms with Gasteiger partial charge in [-0.1, -0.05) is 18.2 Å². The largest absolute Gasteiger partial charge is 0.481 e. The van der Waals surface area contributed by atoms with Crippen LogP contribution in [0.4, 0.5) is 4.39 Å². The molecule has 154 valence electrons. The van der Waals surface area contributed by atoms with E-state index in [0.717, 1.165) is 36.2 Å². The molecular formula is C22H21FN4O3. The first-order chi connectivity index (χ1) is 14.5. The SMILES string of the molecule is CC(Oc1ccc(F)cc1)C(=O)NNC(=O)c1nn(-c2ccccc2)c2c1CCC2. The summed E-state index contributed by atoms with van der Waals surface area (Å²) in [7, 11) is 0. The summed E-state index contributed by atoms with van der Waals surface area (Å²) in [6.07, 6.45) is 1.68. The van der Waals surface area contributed by atoms with E-state index in [1.807, 2.05) is 30.3 Å². The first-order valence-corrected chi connectivity index (χ1v) is 9.71. The number of halogens is 1. The Morgan fingerprint density at radius 2 is 1.80 bits per heavy atom. The maximum absolute atomic E-state index is 13.0. The number of fused-ring (bicyclic) bond motifs is 1. The molecular weight excluding hydrogens is 387 g/mol. The van der Waals surface area contributed by atoms with Gasteiger partial charge in [-0.3, -0.25) is 20.4 Å². The van der Waals surface area contributed by atoms with E-state index in [9.17, 15) is 14.0 Å². The molecule has 1 aromatic heterocycles. The highest BCUT2D eigenvalue weighted by Crippen LogP contribution is 2.27. The fraction of sp³-hybridized carbons (Fsp3) is 0.227. The van der Waals surface area contributed by atoms with Gasteiger partial charge in [-0.15, -0.1) is 0 Å². The van der Waals surface area contributed by atoms with Crippen LogP contribution in [0.5, 0.6) is 5.75 Å². The fourth-order valence-electron chi connectivity index (χ4n) is 3.45. The van der Waals surface area contributed by atoms with Gasteiger partial charge in [0.15, 0.2) is 11.8 Å². The van der Waals surface area contributed by atoms with E-state index in [1.54, 1.807) is 4.68 Å². The normalized spacial score (nSPS) is 13.4. The molecule has 0 spiro atoms. The predicted octanol–water partition coefficient (Wildman–Crippen LogP) is 2.73. The molecule has 1 aliphatic carbocycles. The quantitative estimate of drug-likeness (QED) is 0.636. The summed E-state index contributed by atoms with van der Waals surface area (Å²) in [5, 5.41) is 4.49. The molecule has 4 rings (SSSR count). The zero-order chi connectivity index (χ0) is 21.1. The topological polar surface area (TPSA) is 85.2 Å². The van der Waals surface area contributed by atoms with Gasteiger partial charge < -0.3 is 4.74 Å². The molecule has 0 bridgehead atoms. The van der Waals surface area contributed by atoms with Crippen molar-refractivity contribution in [3.05, 3.63) is 77.4 Å². The molecule has 0 radical (unpaired) electrons. The number of rotatable bonds is 5. The number of aromatic nitrogens is 2. The number of carbonyl (C=O) groups is 2. The lowest BCUT2D eigenvalue weighted by atomic mass is 10.2. The predicted molar refractivity (Wildman–Crippen MR) is 108 cm³/mol. The second-order valence-corrected chi connectivity index (χ2v) is 7.03. The third kappa shape index (κ3) is 4.03. The van der Waals surface area contributed by atoms with E-state index in [4.69, 9.17) is 4.74 Å². The molecule has 1 unspecified atom stereocenters. The average molecular weight is 408 g/mol. The lowest BCUT2D eigenvalue weighted by Gasteiger charge is -2.15. The van der Waals surface area contributed by atoms with Crippen LogP contribution in [0.3, 0.4) is 0 Å². The van der Waals surface area contributed by atoms with Crippen molar-refractivity contribution in [1.29, 1.82) is 0 Å². The Kier molecular flexibility index (Phi) is 5.47. The standard InChI is InChI=1S/C22H21FN4O3/c1-14(30-17-12-10-15(23)11-13-17)21(28)24-25-22(29)20-18-8-5-9-19(18)27(26-20)16-6-3-2-4-7-16/h2-4,6-7,10-14H,5,8-9H2,1H3,(H,24,28)(H,25,29). The molecule has 2 aromatic carbocycles. The van der Waals surface area contributed by atoms with Crippen LogP contribution in [0.15, 0.2) is 54.6 Å². The van der Waals surface area contributed by atoms with Crippen LogP contribution in [0, 0.1) is 5.82 Å². The van der Waals surface area contributed by atoms with E-state index in [1.165, 1.54) is 31.2 Å². The molecule has 30 heavy (non-hydrogen) atoms. The molecule has 0 saturated heterocycles. The molecule has 0 saturated carbocycles. The Hall–Kier alpha value is -3.68. The summed E-state index contributed by atoms with van der Waals surface area (Å²) >= 11 is 0. The van der Waals surface area contributed by atoms with Crippen LogP contribution in [0.1, 0.15) is 35.1 Å². The summed E-state index contributed by atoms with van der Waals surface area (Å²) in [5.74, 6) is -1.06. The highest BCUT2D eigenvalue weighted by Gasteiger charge is 2.27. The molecule has 2 amide bonds. The minimum absolute atomic E-state index is 0.304. The number of nitrogens with one attached hydrogen (secondary N) is 2. The summed E-state index contributed by atoms with van der Waals surface area (Å²) in [6.45, 7) is 1.53. The molecule has 7 nitrogen and oxygen atoms in total. The monoisotopic (exact) mass is 408 g/mol. The fourth-order valence-corrected chi connectivity index (χ4v) is 3.45. The van der Waals surface area contributed by atoms with Crippen molar-refractivity contribution in [1.82, 2.24) is 20.6 Å². The maximum atomic E-state index is 13.0. The van der Waals surface area contributed by atoms with Crippen molar-refractivity contribution in [2.45, 2.75) is 32.3 Å². The highest BCUT2D eigenvalue weighted by atomic mass is 19.1. The Morgan fingerprint density at radius 3 is 2.53 bits per heavy atom. The minimum Gasteiger partial charge on any atom is -0.481 e. The van der Waals surface area contributed by atoms with E-state index in [-0.39, 0.29) is 0 Å². The minimum atomic E-state index is -0.886. The van der Waals surface area contributed by atoms with Crippen LogP contribution in [-0.4, -0.2) is 27.7 Å². The molecule has 3 aromatic rings. The average Bonchev–Trinajstić information content (AvgIpc) is 3.37. The number of hydrazine groups is 1. The molecule has 0 fully saturated rings. The number of hydrogen-bond donors (Lipinski definition) is 2. The Morgan fingerprint density at radius 1 is 1.07 bits per heavy atom. The van der Waals surface area contributed by atoms with Crippen LogP contribution >= 0.6 is 0 Å². The van der Waals surface area contributed by atoms with E-state index in [0.29, 0.717) is 11.4 Å². The molecule has 1 aliphatic rings.